The molecule has 0 radical (unpaired) electrons. The first-order chi connectivity index (χ1) is 11.5. The third-order valence-electron chi connectivity index (χ3n) is 5.25. The number of fused-ring (bicyclic) bond motifs is 1. The van der Waals surface area contributed by atoms with Crippen LogP contribution in [-0.4, -0.2) is 30.8 Å². The van der Waals surface area contributed by atoms with Crippen molar-refractivity contribution in [2.24, 2.45) is 11.3 Å². The number of benzene rings is 1. The molecule has 1 fully saturated rings. The van der Waals surface area contributed by atoms with Gasteiger partial charge in [0.2, 0.25) is 0 Å². The number of carbonyl (C=O) groups is 1. The molecule has 0 amide bonds. The summed E-state index contributed by atoms with van der Waals surface area (Å²) in [5, 5.41) is 12.7. The molecule has 0 bridgehead atoms. The lowest BCUT2D eigenvalue weighted by Gasteiger charge is -2.40. The zero-order chi connectivity index (χ0) is 17.2. The van der Waals surface area contributed by atoms with Gasteiger partial charge in [0.1, 0.15) is 0 Å². The molecule has 1 aliphatic heterocycles. The third kappa shape index (κ3) is 3.40. The predicted molar refractivity (Wildman–Crippen MR) is 94.8 cm³/mol. The maximum Gasteiger partial charge on any atom is 0.312 e. The number of hydrogen-bond donors (Lipinski definition) is 2. The van der Waals surface area contributed by atoms with Crippen molar-refractivity contribution in [2.45, 2.75) is 39.7 Å². The molecule has 3 rings (SSSR count). The van der Waals surface area contributed by atoms with Gasteiger partial charge in [0.05, 0.1) is 12.0 Å². The van der Waals surface area contributed by atoms with Gasteiger partial charge in [0.15, 0.2) is 0 Å². The standard InChI is InChI=1S/C20H27NO3/c1-3-6-24-11-15-4-5-16-9-18(14(2)7-17(16)8-15)10-20(19(22)23)12-21-13-20/h4-5,8-9,14,21H,3,6-7,10-13H2,1-2H3,(H,22,23)/t14-/m1/s1. The van der Waals surface area contributed by atoms with E-state index in [1.807, 2.05) is 0 Å². The first-order valence-corrected chi connectivity index (χ1v) is 8.88. The highest BCUT2D eigenvalue weighted by molar-refractivity contribution is 5.77. The normalized spacial score (nSPS) is 21.6. The van der Waals surface area contributed by atoms with Crippen molar-refractivity contribution >= 4 is 12.0 Å². The SMILES string of the molecule is CCCOCc1ccc2c(c1)C[C@@H](C)C(CC1(C(=O)O)CNC1)=C2. The first kappa shape index (κ1) is 17.2. The Kier molecular flexibility index (Phi) is 5.07. The van der Waals surface area contributed by atoms with Crippen LogP contribution in [0.25, 0.3) is 6.08 Å². The second-order valence-corrected chi connectivity index (χ2v) is 7.28. The zero-order valence-corrected chi connectivity index (χ0v) is 14.6. The lowest BCUT2D eigenvalue weighted by molar-refractivity contribution is -0.152. The second-order valence-electron chi connectivity index (χ2n) is 7.28. The summed E-state index contributed by atoms with van der Waals surface area (Å²) < 4.78 is 5.63. The van der Waals surface area contributed by atoms with E-state index < -0.39 is 11.4 Å². The molecule has 0 unspecified atom stereocenters. The molecule has 1 aliphatic carbocycles. The number of rotatable bonds is 7. The van der Waals surface area contributed by atoms with Gasteiger partial charge in [-0.2, -0.15) is 0 Å². The van der Waals surface area contributed by atoms with Crippen LogP contribution in [0.2, 0.25) is 0 Å². The Balaban J connectivity index is 1.76. The fourth-order valence-electron chi connectivity index (χ4n) is 3.60. The summed E-state index contributed by atoms with van der Waals surface area (Å²) in [5.41, 5.74) is 4.46. The molecule has 4 heteroatoms. The molecule has 0 spiro atoms. The smallest absolute Gasteiger partial charge is 0.312 e. The van der Waals surface area contributed by atoms with Crippen molar-refractivity contribution in [3.05, 3.63) is 40.5 Å². The summed E-state index contributed by atoms with van der Waals surface area (Å²) >= 11 is 0. The first-order valence-electron chi connectivity index (χ1n) is 8.88. The van der Waals surface area contributed by atoms with Crippen molar-refractivity contribution in [1.29, 1.82) is 0 Å². The van der Waals surface area contributed by atoms with Crippen LogP contribution >= 0.6 is 0 Å². The summed E-state index contributed by atoms with van der Waals surface area (Å²) in [7, 11) is 0. The summed E-state index contributed by atoms with van der Waals surface area (Å²) in [6, 6.07) is 6.52. The summed E-state index contributed by atoms with van der Waals surface area (Å²) in [5.74, 6) is -0.287. The number of allylic oxidation sites excluding steroid dienone is 1. The maximum absolute atomic E-state index is 11.6. The van der Waals surface area contributed by atoms with Crippen molar-refractivity contribution < 1.29 is 14.6 Å². The average Bonchev–Trinajstić information content (AvgIpc) is 2.51. The van der Waals surface area contributed by atoms with Crippen LogP contribution in [0.4, 0.5) is 0 Å². The molecule has 4 nitrogen and oxygen atoms in total. The van der Waals surface area contributed by atoms with Gasteiger partial charge in [0, 0.05) is 19.7 Å². The molecule has 130 valence electrons. The van der Waals surface area contributed by atoms with Crippen molar-refractivity contribution in [3.8, 4) is 0 Å². The van der Waals surface area contributed by atoms with E-state index >= 15 is 0 Å². The Hall–Kier alpha value is -1.65. The van der Waals surface area contributed by atoms with Gasteiger partial charge in [-0.05, 0) is 41.9 Å². The summed E-state index contributed by atoms with van der Waals surface area (Å²) in [4.78, 5) is 11.6. The van der Waals surface area contributed by atoms with Crippen LogP contribution in [0.15, 0.2) is 23.8 Å². The summed E-state index contributed by atoms with van der Waals surface area (Å²) in [6.07, 6.45) is 4.88. The Labute approximate surface area is 143 Å². The Morgan fingerprint density at radius 2 is 2.21 bits per heavy atom. The predicted octanol–water partition coefficient (Wildman–Crippen LogP) is 3.25. The molecule has 1 aromatic carbocycles. The van der Waals surface area contributed by atoms with Crippen LogP contribution in [0, 0.1) is 11.3 Å². The maximum atomic E-state index is 11.6. The highest BCUT2D eigenvalue weighted by Crippen LogP contribution is 2.38. The molecule has 0 aromatic heterocycles. The van der Waals surface area contributed by atoms with Gasteiger partial charge in [0.25, 0.3) is 0 Å². The van der Waals surface area contributed by atoms with E-state index in [4.69, 9.17) is 4.74 Å². The number of carboxylic acids is 1. The Morgan fingerprint density at radius 1 is 1.42 bits per heavy atom. The van der Waals surface area contributed by atoms with E-state index in [1.54, 1.807) is 0 Å². The molecule has 1 heterocycles. The van der Waals surface area contributed by atoms with E-state index in [0.29, 0.717) is 32.0 Å². The lowest BCUT2D eigenvalue weighted by atomic mass is 9.71. The quantitative estimate of drug-likeness (QED) is 0.754. The second kappa shape index (κ2) is 7.08. The topological polar surface area (TPSA) is 58.6 Å². The fraction of sp³-hybridized carbons (Fsp3) is 0.550. The molecule has 0 saturated carbocycles. The van der Waals surface area contributed by atoms with Gasteiger partial charge in [-0.15, -0.1) is 0 Å². The summed E-state index contributed by atoms with van der Waals surface area (Å²) in [6.45, 7) is 6.93. The number of aliphatic carboxylic acids is 1. The average molecular weight is 329 g/mol. The van der Waals surface area contributed by atoms with Gasteiger partial charge in [-0.1, -0.05) is 43.7 Å². The van der Waals surface area contributed by atoms with Crippen LogP contribution in [0.3, 0.4) is 0 Å². The molecule has 1 atom stereocenters. The molecule has 1 saturated heterocycles. The molecule has 2 N–H and O–H groups in total. The highest BCUT2D eigenvalue weighted by atomic mass is 16.5. The van der Waals surface area contributed by atoms with E-state index in [2.05, 4.69) is 43.4 Å². The number of ether oxygens (including phenoxy) is 1. The van der Waals surface area contributed by atoms with Crippen molar-refractivity contribution in [3.63, 3.8) is 0 Å². The Bertz CT molecular complexity index is 646. The Morgan fingerprint density at radius 3 is 2.83 bits per heavy atom. The minimum Gasteiger partial charge on any atom is -0.481 e. The van der Waals surface area contributed by atoms with E-state index in [1.165, 1.54) is 22.3 Å². The van der Waals surface area contributed by atoms with E-state index in [0.717, 1.165) is 19.4 Å². The van der Waals surface area contributed by atoms with E-state index in [9.17, 15) is 9.90 Å². The van der Waals surface area contributed by atoms with Gasteiger partial charge in [-0.25, -0.2) is 0 Å². The largest absolute Gasteiger partial charge is 0.481 e. The lowest BCUT2D eigenvalue weighted by Crippen LogP contribution is -2.58. The third-order valence-corrected chi connectivity index (χ3v) is 5.25. The fourth-order valence-corrected chi connectivity index (χ4v) is 3.60. The van der Waals surface area contributed by atoms with Gasteiger partial charge < -0.3 is 15.2 Å². The zero-order valence-electron chi connectivity index (χ0n) is 14.6. The van der Waals surface area contributed by atoms with E-state index in [-0.39, 0.29) is 0 Å². The van der Waals surface area contributed by atoms with Crippen molar-refractivity contribution in [2.75, 3.05) is 19.7 Å². The van der Waals surface area contributed by atoms with Crippen LogP contribution in [-0.2, 0) is 22.6 Å². The number of nitrogens with one attached hydrogen (secondary N) is 1. The molecule has 2 aliphatic rings. The number of carboxylic acid groups (broad SMARTS) is 1. The minimum absolute atomic E-state index is 0.390. The van der Waals surface area contributed by atoms with Crippen molar-refractivity contribution in [1.82, 2.24) is 5.32 Å². The minimum atomic E-state index is -0.677. The molecule has 24 heavy (non-hydrogen) atoms. The molecule has 1 aromatic rings. The monoisotopic (exact) mass is 329 g/mol. The number of hydrogen-bond acceptors (Lipinski definition) is 3. The van der Waals surface area contributed by atoms with Gasteiger partial charge in [-0.3, -0.25) is 4.79 Å². The highest BCUT2D eigenvalue weighted by Gasteiger charge is 2.45. The molecular formula is C20H27NO3. The molecular weight excluding hydrogens is 302 g/mol. The van der Waals surface area contributed by atoms with Crippen LogP contribution in [0.1, 0.15) is 43.4 Å². The van der Waals surface area contributed by atoms with Crippen LogP contribution < -0.4 is 5.32 Å². The van der Waals surface area contributed by atoms with Gasteiger partial charge >= 0.3 is 5.97 Å². The van der Waals surface area contributed by atoms with Crippen LogP contribution in [0.5, 0.6) is 0 Å².